The molecule has 4 heteroatoms. The Kier molecular flexibility index (Phi) is 2.48. The zero-order valence-electron chi connectivity index (χ0n) is 7.21. The van der Waals surface area contributed by atoms with Crippen molar-refractivity contribution < 1.29 is 4.92 Å². The fraction of sp³-hybridized carbons (Fsp3) is 0. The first-order chi connectivity index (χ1) is 6.77. The normalized spacial score (nSPS) is 10.0. The summed E-state index contributed by atoms with van der Waals surface area (Å²) in [6.07, 6.45) is 0. The van der Waals surface area contributed by atoms with E-state index >= 15 is 0 Å². The third-order valence-corrected chi connectivity index (χ3v) is 3.37. The predicted octanol–water partition coefficient (Wildman–Crippen LogP) is 2.32. The maximum atomic E-state index is 10.4. The molecule has 0 unspecified atom stereocenters. The van der Waals surface area contributed by atoms with E-state index in [9.17, 15) is 10.1 Å². The van der Waals surface area contributed by atoms with E-state index < -0.39 is 0 Å². The van der Waals surface area contributed by atoms with Crippen molar-refractivity contribution in [2.75, 3.05) is 0 Å². The van der Waals surface area contributed by atoms with Gasteiger partial charge in [0.05, 0.1) is 0 Å². The number of non-ortho nitro benzene ring substituents is 1. The Balaban J connectivity index is 2.36. The van der Waals surface area contributed by atoms with E-state index in [4.69, 9.17) is 0 Å². The van der Waals surface area contributed by atoms with E-state index in [0.717, 1.165) is 5.56 Å². The number of nitrogens with zero attached hydrogens (tertiary/aromatic N) is 1. The summed E-state index contributed by atoms with van der Waals surface area (Å²) in [5.74, 6) is 0. The maximum absolute atomic E-state index is 10.4. The van der Waals surface area contributed by atoms with Crippen LogP contribution < -0.4 is 0 Å². The summed E-state index contributed by atoms with van der Waals surface area (Å²) < 4.78 is 0. The molecule has 70 valence electrons. The second-order valence-electron chi connectivity index (χ2n) is 2.82. The van der Waals surface area contributed by atoms with Crippen molar-refractivity contribution in [1.29, 1.82) is 0 Å². The molecule has 0 aliphatic rings. The van der Waals surface area contributed by atoms with Crippen molar-refractivity contribution in [3.8, 4) is 11.1 Å². The molecule has 0 aliphatic heterocycles. The predicted molar refractivity (Wildman–Crippen MR) is 55.5 cm³/mol. The van der Waals surface area contributed by atoms with E-state index in [1.54, 1.807) is 12.1 Å². The summed E-state index contributed by atoms with van der Waals surface area (Å²) in [6.45, 7) is 0. The Labute approximate surface area is 86.9 Å². The van der Waals surface area contributed by atoms with Gasteiger partial charge in [0.15, 0.2) is 0 Å². The van der Waals surface area contributed by atoms with Crippen LogP contribution in [0, 0.1) is 10.1 Å². The first kappa shape index (κ1) is 9.19. The van der Waals surface area contributed by atoms with Crippen LogP contribution >= 0.6 is 0 Å². The SMILES string of the molecule is O=[N+]([O-])c1ccc(-c2cc[se]c2)cc1. The van der Waals surface area contributed by atoms with Crippen molar-refractivity contribution >= 4 is 20.2 Å². The van der Waals surface area contributed by atoms with Gasteiger partial charge in [-0.1, -0.05) is 0 Å². The summed E-state index contributed by atoms with van der Waals surface area (Å²) in [5, 5.41) is 10.4. The Bertz CT molecular complexity index is 434. The van der Waals surface area contributed by atoms with Crippen molar-refractivity contribution in [2.45, 2.75) is 0 Å². The number of benzene rings is 1. The fourth-order valence-electron chi connectivity index (χ4n) is 1.20. The van der Waals surface area contributed by atoms with E-state index in [1.807, 2.05) is 0 Å². The molecule has 0 atom stereocenters. The standard InChI is InChI=1S/C10H7NO2Se/c12-11(13)10-3-1-8(2-4-10)9-5-6-14-7-9/h1-7H. The van der Waals surface area contributed by atoms with Gasteiger partial charge in [0.2, 0.25) is 0 Å². The van der Waals surface area contributed by atoms with E-state index in [2.05, 4.69) is 15.9 Å². The van der Waals surface area contributed by atoms with Gasteiger partial charge in [0, 0.05) is 0 Å². The molecular weight excluding hydrogens is 245 g/mol. The molecule has 1 heterocycles. The minimum absolute atomic E-state index is 0.141. The van der Waals surface area contributed by atoms with Gasteiger partial charge in [-0.3, -0.25) is 0 Å². The van der Waals surface area contributed by atoms with Gasteiger partial charge >= 0.3 is 86.6 Å². The van der Waals surface area contributed by atoms with Gasteiger partial charge in [-0.25, -0.2) is 0 Å². The van der Waals surface area contributed by atoms with Gasteiger partial charge in [0.1, 0.15) is 0 Å². The van der Waals surface area contributed by atoms with Crippen LogP contribution in [0.2, 0.25) is 0 Å². The van der Waals surface area contributed by atoms with Crippen LogP contribution in [-0.2, 0) is 0 Å². The molecule has 1 aromatic heterocycles. The van der Waals surface area contributed by atoms with E-state index in [0.29, 0.717) is 14.5 Å². The van der Waals surface area contributed by atoms with Crippen molar-refractivity contribution in [1.82, 2.24) is 0 Å². The Morgan fingerprint density at radius 3 is 2.29 bits per heavy atom. The molecule has 0 N–H and O–H groups in total. The molecule has 14 heavy (non-hydrogen) atoms. The number of rotatable bonds is 2. The van der Waals surface area contributed by atoms with Gasteiger partial charge in [-0.2, -0.15) is 0 Å². The van der Waals surface area contributed by atoms with Gasteiger partial charge in [-0.15, -0.1) is 0 Å². The van der Waals surface area contributed by atoms with Crippen LogP contribution in [0.15, 0.2) is 40.2 Å². The molecule has 0 saturated carbocycles. The van der Waals surface area contributed by atoms with Crippen LogP contribution in [0.3, 0.4) is 0 Å². The molecule has 3 nitrogen and oxygen atoms in total. The monoisotopic (exact) mass is 253 g/mol. The summed E-state index contributed by atoms with van der Waals surface area (Å²) in [4.78, 5) is 14.3. The number of nitro benzene ring substituents is 1. The van der Waals surface area contributed by atoms with Crippen LogP contribution in [0.25, 0.3) is 11.1 Å². The second kappa shape index (κ2) is 3.78. The first-order valence-corrected chi connectivity index (χ1v) is 6.02. The van der Waals surface area contributed by atoms with Crippen LogP contribution in [0.1, 0.15) is 0 Å². The number of hydrogen-bond donors (Lipinski definition) is 0. The Morgan fingerprint density at radius 1 is 1.07 bits per heavy atom. The average Bonchev–Trinajstić information content (AvgIpc) is 2.71. The molecular formula is C10H7NO2Se. The molecule has 0 radical (unpaired) electrons. The molecule has 0 fully saturated rings. The molecule has 2 rings (SSSR count). The summed E-state index contributed by atoms with van der Waals surface area (Å²) in [6, 6.07) is 8.71. The van der Waals surface area contributed by atoms with Gasteiger partial charge in [-0.05, 0) is 0 Å². The van der Waals surface area contributed by atoms with Crippen molar-refractivity contribution in [2.24, 2.45) is 0 Å². The summed E-state index contributed by atoms with van der Waals surface area (Å²) >= 11 is 0.455. The summed E-state index contributed by atoms with van der Waals surface area (Å²) in [5.41, 5.74) is 2.35. The minimum atomic E-state index is -0.382. The van der Waals surface area contributed by atoms with Crippen molar-refractivity contribution in [3.05, 3.63) is 50.3 Å². The molecule has 0 aliphatic carbocycles. The Morgan fingerprint density at radius 2 is 1.79 bits per heavy atom. The average molecular weight is 252 g/mol. The van der Waals surface area contributed by atoms with Crippen LogP contribution in [0.5, 0.6) is 0 Å². The first-order valence-electron chi connectivity index (χ1n) is 4.04. The summed E-state index contributed by atoms with van der Waals surface area (Å²) in [7, 11) is 0. The zero-order chi connectivity index (χ0) is 9.97. The topological polar surface area (TPSA) is 43.1 Å². The molecule has 2 aromatic rings. The second-order valence-corrected chi connectivity index (χ2v) is 4.45. The van der Waals surface area contributed by atoms with Gasteiger partial charge in [0.25, 0.3) is 0 Å². The Hall–Kier alpha value is -1.38. The third-order valence-electron chi connectivity index (χ3n) is 1.93. The molecule has 0 saturated heterocycles. The zero-order valence-corrected chi connectivity index (χ0v) is 8.93. The quantitative estimate of drug-likeness (QED) is 0.467. The molecule has 0 bridgehead atoms. The molecule has 1 aromatic carbocycles. The van der Waals surface area contributed by atoms with Crippen molar-refractivity contribution in [3.63, 3.8) is 0 Å². The molecule has 0 spiro atoms. The van der Waals surface area contributed by atoms with Crippen LogP contribution in [-0.4, -0.2) is 19.4 Å². The number of nitro groups is 1. The van der Waals surface area contributed by atoms with Crippen LogP contribution in [0.4, 0.5) is 5.69 Å². The van der Waals surface area contributed by atoms with E-state index in [-0.39, 0.29) is 10.6 Å². The van der Waals surface area contributed by atoms with Gasteiger partial charge < -0.3 is 0 Å². The third kappa shape index (κ3) is 1.76. The molecule has 0 amide bonds. The fourth-order valence-corrected chi connectivity index (χ4v) is 2.60. The number of hydrogen-bond acceptors (Lipinski definition) is 2. The van der Waals surface area contributed by atoms with E-state index in [1.165, 1.54) is 17.7 Å².